The van der Waals surface area contributed by atoms with Crippen molar-refractivity contribution in [2.45, 2.75) is 0 Å². The van der Waals surface area contributed by atoms with Crippen LogP contribution in [-0.4, -0.2) is 27.9 Å². The summed E-state index contributed by atoms with van der Waals surface area (Å²) < 4.78 is 5.83. The fourth-order valence-corrected chi connectivity index (χ4v) is 5.13. The Hall–Kier alpha value is -5.45. The molecule has 2 fully saturated rings. The predicted octanol–water partition coefficient (Wildman–Crippen LogP) is 5.57. The molecule has 6 rings (SSSR count). The van der Waals surface area contributed by atoms with E-state index in [1.165, 1.54) is 15.9 Å². The zero-order chi connectivity index (χ0) is 29.9. The average molecular weight is 603 g/mol. The fraction of sp³-hybridized carbons (Fsp3) is 0. The van der Waals surface area contributed by atoms with E-state index in [0.717, 1.165) is 5.56 Å². The Morgan fingerprint density at radius 2 is 1.07 bits per heavy atom. The van der Waals surface area contributed by atoms with Gasteiger partial charge in [-0.05, 0) is 96.2 Å². The second-order valence-corrected chi connectivity index (χ2v) is 10.3. The minimum absolute atomic E-state index is 0.0120. The van der Waals surface area contributed by atoms with E-state index in [2.05, 4.69) is 10.6 Å². The zero-order valence-electron chi connectivity index (χ0n) is 22.4. The molecule has 0 unspecified atom stereocenters. The predicted molar refractivity (Wildman–Crippen MR) is 173 cm³/mol. The van der Waals surface area contributed by atoms with Gasteiger partial charge in [0.05, 0.1) is 11.4 Å². The monoisotopic (exact) mass is 602 g/mol. The van der Waals surface area contributed by atoms with Gasteiger partial charge < -0.3 is 10.1 Å². The molecular formula is C33H22N4O4S2. The molecule has 0 bridgehead atoms. The van der Waals surface area contributed by atoms with Gasteiger partial charge in [0.25, 0.3) is 17.7 Å². The standard InChI is InChI=1S/C33H22N4O4S2/c38-29-27(30(39)36(33(43)35-29)24-15-17-26(18-16-24)41-25-9-5-2-6-10-25)19-21-11-13-22(14-12-21)20-28-31(40)37(32(42)34-28)23-7-3-1-4-8-23/h1-20H,(H,34,42)(H,35,38,43). The van der Waals surface area contributed by atoms with E-state index in [4.69, 9.17) is 29.2 Å². The minimum atomic E-state index is -0.586. The largest absolute Gasteiger partial charge is 0.457 e. The third-order valence-electron chi connectivity index (χ3n) is 6.63. The highest BCUT2D eigenvalue weighted by Crippen LogP contribution is 2.27. The van der Waals surface area contributed by atoms with Crippen LogP contribution < -0.4 is 25.2 Å². The summed E-state index contributed by atoms with van der Waals surface area (Å²) in [6.45, 7) is 0. The van der Waals surface area contributed by atoms with E-state index in [-0.39, 0.29) is 16.6 Å². The second-order valence-electron chi connectivity index (χ2n) is 9.50. The molecule has 2 N–H and O–H groups in total. The number of benzene rings is 4. The van der Waals surface area contributed by atoms with Crippen molar-refractivity contribution in [3.8, 4) is 11.5 Å². The molecule has 4 aromatic carbocycles. The number of thiocarbonyl (C=S) groups is 2. The molecule has 3 amide bonds. The Morgan fingerprint density at radius 3 is 1.72 bits per heavy atom. The van der Waals surface area contributed by atoms with Crippen LogP contribution in [0.1, 0.15) is 11.1 Å². The van der Waals surface area contributed by atoms with E-state index >= 15 is 0 Å². The van der Waals surface area contributed by atoms with Crippen LogP contribution in [0, 0.1) is 0 Å². The summed E-state index contributed by atoms with van der Waals surface area (Å²) in [6, 6.07) is 32.4. The molecule has 0 radical (unpaired) electrons. The molecule has 10 heteroatoms. The molecule has 0 aromatic heterocycles. The van der Waals surface area contributed by atoms with Crippen LogP contribution in [-0.2, 0) is 14.4 Å². The first-order valence-corrected chi connectivity index (χ1v) is 14.0. The first-order valence-electron chi connectivity index (χ1n) is 13.1. The number of anilines is 2. The highest BCUT2D eigenvalue weighted by Gasteiger charge is 2.35. The third kappa shape index (κ3) is 5.82. The molecule has 210 valence electrons. The fourth-order valence-electron chi connectivity index (χ4n) is 4.55. The molecule has 2 aliphatic heterocycles. The molecule has 2 heterocycles. The van der Waals surface area contributed by atoms with Crippen LogP contribution in [0.15, 0.2) is 120 Å². The van der Waals surface area contributed by atoms with E-state index in [9.17, 15) is 14.4 Å². The molecule has 2 saturated heterocycles. The van der Waals surface area contributed by atoms with E-state index in [1.54, 1.807) is 54.6 Å². The second kappa shape index (κ2) is 11.8. The number of hydrogen-bond donors (Lipinski definition) is 2. The lowest BCUT2D eigenvalue weighted by molar-refractivity contribution is -0.122. The van der Waals surface area contributed by atoms with Crippen molar-refractivity contribution in [3.63, 3.8) is 0 Å². The van der Waals surface area contributed by atoms with Gasteiger partial charge in [-0.1, -0.05) is 60.7 Å². The van der Waals surface area contributed by atoms with Crippen molar-refractivity contribution < 1.29 is 19.1 Å². The van der Waals surface area contributed by atoms with Gasteiger partial charge in [-0.25, -0.2) is 0 Å². The Balaban J connectivity index is 1.19. The van der Waals surface area contributed by atoms with Crippen LogP contribution in [0.5, 0.6) is 11.5 Å². The van der Waals surface area contributed by atoms with Gasteiger partial charge in [-0.3, -0.25) is 29.5 Å². The SMILES string of the molecule is O=C1NC(=S)N(c2ccc(Oc3ccccc3)cc2)C(=O)C1=Cc1ccc(C=C2NC(=S)N(c3ccccc3)C2=O)cc1. The van der Waals surface area contributed by atoms with Crippen LogP contribution >= 0.6 is 24.4 Å². The number of rotatable bonds is 6. The van der Waals surface area contributed by atoms with Crippen molar-refractivity contribution in [1.82, 2.24) is 10.6 Å². The molecule has 0 saturated carbocycles. The summed E-state index contributed by atoms with van der Waals surface area (Å²) in [7, 11) is 0. The lowest BCUT2D eigenvalue weighted by atomic mass is 10.0. The van der Waals surface area contributed by atoms with Gasteiger partial charge in [-0.2, -0.15) is 0 Å². The normalized spacial score (nSPS) is 17.0. The first-order chi connectivity index (χ1) is 20.9. The molecule has 0 aliphatic carbocycles. The summed E-state index contributed by atoms with van der Waals surface area (Å²) in [4.78, 5) is 41.9. The first kappa shape index (κ1) is 27.7. The maximum Gasteiger partial charge on any atom is 0.281 e. The zero-order valence-corrected chi connectivity index (χ0v) is 24.0. The van der Waals surface area contributed by atoms with E-state index in [1.807, 2.05) is 60.7 Å². The molecular weight excluding hydrogens is 581 g/mol. The molecule has 43 heavy (non-hydrogen) atoms. The molecule has 4 aromatic rings. The van der Waals surface area contributed by atoms with Crippen LogP contribution in [0.2, 0.25) is 0 Å². The lowest BCUT2D eigenvalue weighted by Crippen LogP contribution is -2.54. The number of carbonyl (C=O) groups is 3. The Morgan fingerprint density at radius 1 is 0.558 bits per heavy atom. The lowest BCUT2D eigenvalue weighted by Gasteiger charge is -2.29. The highest BCUT2D eigenvalue weighted by atomic mass is 32.1. The minimum Gasteiger partial charge on any atom is -0.457 e. The van der Waals surface area contributed by atoms with Crippen molar-refractivity contribution in [3.05, 3.63) is 132 Å². The van der Waals surface area contributed by atoms with E-state index in [0.29, 0.717) is 39.2 Å². The van der Waals surface area contributed by atoms with Gasteiger partial charge in [0, 0.05) is 0 Å². The summed E-state index contributed by atoms with van der Waals surface area (Å²) >= 11 is 10.7. The average Bonchev–Trinajstić information content (AvgIpc) is 3.29. The Labute approximate surface area is 257 Å². The summed E-state index contributed by atoms with van der Waals surface area (Å²) in [6.07, 6.45) is 3.19. The topological polar surface area (TPSA) is 91.0 Å². The van der Waals surface area contributed by atoms with Crippen LogP contribution in [0.4, 0.5) is 11.4 Å². The quantitative estimate of drug-likeness (QED) is 0.169. The van der Waals surface area contributed by atoms with Crippen LogP contribution in [0.3, 0.4) is 0 Å². The molecule has 8 nitrogen and oxygen atoms in total. The molecule has 0 spiro atoms. The van der Waals surface area contributed by atoms with Gasteiger partial charge in [0.15, 0.2) is 10.2 Å². The number of para-hydroxylation sites is 2. The Kier molecular flexibility index (Phi) is 7.61. The smallest absolute Gasteiger partial charge is 0.281 e. The number of nitrogens with one attached hydrogen (secondary N) is 2. The van der Waals surface area contributed by atoms with Gasteiger partial charge >= 0.3 is 0 Å². The van der Waals surface area contributed by atoms with Crippen molar-refractivity contribution >= 4 is 75.9 Å². The highest BCUT2D eigenvalue weighted by molar-refractivity contribution is 7.80. The van der Waals surface area contributed by atoms with Gasteiger partial charge in [-0.15, -0.1) is 0 Å². The van der Waals surface area contributed by atoms with Crippen molar-refractivity contribution in [2.24, 2.45) is 0 Å². The van der Waals surface area contributed by atoms with Gasteiger partial charge in [0.1, 0.15) is 22.8 Å². The number of amides is 3. The summed E-state index contributed by atoms with van der Waals surface area (Å²) in [5.41, 5.74) is 2.78. The summed E-state index contributed by atoms with van der Waals surface area (Å²) in [5.74, 6) is -0.126. The van der Waals surface area contributed by atoms with Crippen molar-refractivity contribution in [1.29, 1.82) is 0 Å². The maximum absolute atomic E-state index is 13.4. The van der Waals surface area contributed by atoms with Crippen LogP contribution in [0.25, 0.3) is 12.2 Å². The number of hydrogen-bond acceptors (Lipinski definition) is 6. The summed E-state index contributed by atoms with van der Waals surface area (Å²) in [5, 5.41) is 5.85. The molecule has 0 atom stereocenters. The van der Waals surface area contributed by atoms with E-state index < -0.39 is 11.8 Å². The number of carbonyl (C=O) groups excluding carboxylic acids is 3. The third-order valence-corrected chi connectivity index (χ3v) is 7.20. The maximum atomic E-state index is 13.4. The Bertz CT molecular complexity index is 1820. The van der Waals surface area contributed by atoms with Crippen molar-refractivity contribution in [2.75, 3.05) is 9.80 Å². The molecule has 2 aliphatic rings. The number of nitrogens with zero attached hydrogens (tertiary/aromatic N) is 2. The van der Waals surface area contributed by atoms with Gasteiger partial charge in [0.2, 0.25) is 0 Å². The number of ether oxygens (including phenoxy) is 1.